The van der Waals surface area contributed by atoms with Gasteiger partial charge in [0.25, 0.3) is 0 Å². The van der Waals surface area contributed by atoms with Crippen LogP contribution in [-0.2, 0) is 5.54 Å². The lowest BCUT2D eigenvalue weighted by Gasteiger charge is -2.33. The molecule has 2 heterocycles. The molecule has 22 heavy (non-hydrogen) atoms. The molecule has 110 valence electrons. The van der Waals surface area contributed by atoms with Gasteiger partial charge in [0.05, 0.1) is 0 Å². The molecule has 2 aliphatic heterocycles. The third-order valence-corrected chi connectivity index (χ3v) is 4.81. The van der Waals surface area contributed by atoms with Gasteiger partial charge in [-0.1, -0.05) is 47.5 Å². The van der Waals surface area contributed by atoms with Crippen molar-refractivity contribution >= 4 is 23.2 Å². The van der Waals surface area contributed by atoms with E-state index in [2.05, 4.69) is 47.3 Å². The van der Waals surface area contributed by atoms with Gasteiger partial charge >= 0.3 is 0 Å². The zero-order chi connectivity index (χ0) is 15.2. The van der Waals surface area contributed by atoms with Crippen LogP contribution in [-0.4, -0.2) is 6.54 Å². The average molecular weight is 329 g/mol. The van der Waals surface area contributed by atoms with Crippen LogP contribution in [0.5, 0.6) is 0 Å². The Kier molecular flexibility index (Phi) is 3.17. The van der Waals surface area contributed by atoms with Crippen LogP contribution in [0, 0.1) is 0 Å². The molecule has 0 spiro atoms. The SMILES string of the molecule is Clc1ccc(C2(c3ccc(Cl)cc3)NC=C3CNC=C32)cc1. The van der Waals surface area contributed by atoms with Crippen molar-refractivity contribution in [3.05, 3.63) is 93.2 Å². The number of halogens is 2. The van der Waals surface area contributed by atoms with Crippen molar-refractivity contribution in [3.8, 4) is 0 Å². The molecule has 0 aliphatic carbocycles. The van der Waals surface area contributed by atoms with Gasteiger partial charge in [0.1, 0.15) is 5.54 Å². The van der Waals surface area contributed by atoms with Crippen molar-refractivity contribution in [3.63, 3.8) is 0 Å². The van der Waals surface area contributed by atoms with E-state index in [1.165, 1.54) is 11.1 Å². The molecule has 0 saturated carbocycles. The van der Waals surface area contributed by atoms with E-state index in [1.807, 2.05) is 24.3 Å². The Hall–Kier alpha value is -1.90. The van der Waals surface area contributed by atoms with Gasteiger partial charge < -0.3 is 10.6 Å². The van der Waals surface area contributed by atoms with E-state index in [0.29, 0.717) is 0 Å². The lowest BCUT2D eigenvalue weighted by molar-refractivity contribution is 0.572. The van der Waals surface area contributed by atoms with Gasteiger partial charge in [-0.05, 0) is 41.0 Å². The smallest absolute Gasteiger partial charge is 0.115 e. The molecule has 0 unspecified atom stereocenters. The van der Waals surface area contributed by atoms with Gasteiger partial charge in [-0.2, -0.15) is 0 Å². The van der Waals surface area contributed by atoms with Crippen LogP contribution in [0.2, 0.25) is 10.0 Å². The molecule has 0 amide bonds. The normalized spacial score (nSPS) is 18.1. The van der Waals surface area contributed by atoms with Crippen LogP contribution in [0.3, 0.4) is 0 Å². The summed E-state index contributed by atoms with van der Waals surface area (Å²) in [6, 6.07) is 16.0. The number of hydrogen-bond donors (Lipinski definition) is 2. The summed E-state index contributed by atoms with van der Waals surface area (Å²) in [5.41, 5.74) is 4.44. The minimum Gasteiger partial charge on any atom is -0.386 e. The molecular formula is C18H14Cl2N2. The quantitative estimate of drug-likeness (QED) is 0.862. The summed E-state index contributed by atoms with van der Waals surface area (Å²) < 4.78 is 0. The molecule has 0 fully saturated rings. The van der Waals surface area contributed by atoms with Gasteiger partial charge in [0.2, 0.25) is 0 Å². The maximum Gasteiger partial charge on any atom is 0.115 e. The fourth-order valence-corrected chi connectivity index (χ4v) is 3.50. The van der Waals surface area contributed by atoms with Crippen LogP contribution in [0.25, 0.3) is 0 Å². The molecule has 0 saturated heterocycles. The summed E-state index contributed by atoms with van der Waals surface area (Å²) in [5.74, 6) is 0. The van der Waals surface area contributed by atoms with E-state index >= 15 is 0 Å². The monoisotopic (exact) mass is 328 g/mol. The molecule has 0 aromatic heterocycles. The zero-order valence-electron chi connectivity index (χ0n) is 11.7. The standard InChI is InChI=1S/C18H14Cl2N2/c19-15-5-1-13(2-6-15)18(14-3-7-16(20)8-4-14)17-11-21-9-12(17)10-22-18/h1-8,10-11,21-22H,9H2. The first-order valence-electron chi connectivity index (χ1n) is 7.13. The number of benzene rings is 2. The largest absolute Gasteiger partial charge is 0.386 e. The van der Waals surface area contributed by atoms with Crippen molar-refractivity contribution in [2.24, 2.45) is 0 Å². The highest BCUT2D eigenvalue weighted by molar-refractivity contribution is 6.30. The molecule has 2 aromatic carbocycles. The lowest BCUT2D eigenvalue weighted by atomic mass is 9.77. The Morgan fingerprint density at radius 3 is 1.86 bits per heavy atom. The van der Waals surface area contributed by atoms with Crippen molar-refractivity contribution in [1.29, 1.82) is 0 Å². The molecule has 2 aliphatic rings. The number of nitrogens with one attached hydrogen (secondary N) is 2. The van der Waals surface area contributed by atoms with Gasteiger partial charge in [-0.15, -0.1) is 0 Å². The minimum absolute atomic E-state index is 0.395. The lowest BCUT2D eigenvalue weighted by Crippen LogP contribution is -2.38. The average Bonchev–Trinajstić information content (AvgIpc) is 3.12. The van der Waals surface area contributed by atoms with Gasteiger partial charge in [0, 0.05) is 34.6 Å². The summed E-state index contributed by atoms with van der Waals surface area (Å²) in [6.07, 6.45) is 4.18. The number of fused-ring (bicyclic) bond motifs is 1. The topological polar surface area (TPSA) is 24.1 Å². The molecule has 2 N–H and O–H groups in total. The van der Waals surface area contributed by atoms with Crippen LogP contribution >= 0.6 is 23.2 Å². The predicted molar refractivity (Wildman–Crippen MR) is 91.0 cm³/mol. The van der Waals surface area contributed by atoms with Gasteiger partial charge in [-0.25, -0.2) is 0 Å². The molecule has 2 nitrogen and oxygen atoms in total. The molecule has 4 heteroatoms. The van der Waals surface area contributed by atoms with Crippen molar-refractivity contribution in [1.82, 2.24) is 10.6 Å². The van der Waals surface area contributed by atoms with Crippen molar-refractivity contribution in [2.45, 2.75) is 5.54 Å². The fraction of sp³-hybridized carbons (Fsp3) is 0.111. The Morgan fingerprint density at radius 1 is 0.773 bits per heavy atom. The first-order chi connectivity index (χ1) is 10.7. The highest BCUT2D eigenvalue weighted by Crippen LogP contribution is 2.45. The molecule has 0 radical (unpaired) electrons. The van der Waals surface area contributed by atoms with Crippen LogP contribution in [0.4, 0.5) is 0 Å². The fourth-order valence-electron chi connectivity index (χ4n) is 3.25. The summed E-state index contributed by atoms with van der Waals surface area (Å²) >= 11 is 12.1. The second-order valence-corrected chi connectivity index (χ2v) is 6.39. The highest BCUT2D eigenvalue weighted by atomic mass is 35.5. The molecule has 0 bridgehead atoms. The van der Waals surface area contributed by atoms with E-state index in [1.54, 1.807) is 0 Å². The van der Waals surface area contributed by atoms with E-state index in [4.69, 9.17) is 23.2 Å². The Morgan fingerprint density at radius 2 is 1.32 bits per heavy atom. The Labute approximate surface area is 139 Å². The Bertz CT molecular complexity index is 728. The summed E-state index contributed by atoms with van der Waals surface area (Å²) in [4.78, 5) is 0. The van der Waals surface area contributed by atoms with Crippen LogP contribution < -0.4 is 10.6 Å². The second kappa shape index (κ2) is 5.08. The van der Waals surface area contributed by atoms with E-state index in [0.717, 1.165) is 27.7 Å². The third kappa shape index (κ3) is 1.95. The third-order valence-electron chi connectivity index (χ3n) is 4.31. The molecule has 4 rings (SSSR count). The summed E-state index contributed by atoms with van der Waals surface area (Å²) in [5, 5.41) is 8.38. The maximum absolute atomic E-state index is 6.06. The van der Waals surface area contributed by atoms with E-state index in [9.17, 15) is 0 Å². The van der Waals surface area contributed by atoms with Crippen LogP contribution in [0.15, 0.2) is 72.1 Å². The molecule has 0 atom stereocenters. The van der Waals surface area contributed by atoms with Crippen LogP contribution in [0.1, 0.15) is 11.1 Å². The first kappa shape index (κ1) is 13.7. The van der Waals surface area contributed by atoms with Crippen molar-refractivity contribution < 1.29 is 0 Å². The van der Waals surface area contributed by atoms with E-state index in [-0.39, 0.29) is 0 Å². The minimum atomic E-state index is -0.395. The highest BCUT2D eigenvalue weighted by Gasteiger charge is 2.44. The second-order valence-electron chi connectivity index (χ2n) is 5.52. The number of hydrogen-bond acceptors (Lipinski definition) is 2. The molecule has 2 aromatic rings. The first-order valence-corrected chi connectivity index (χ1v) is 7.89. The van der Waals surface area contributed by atoms with E-state index < -0.39 is 5.54 Å². The van der Waals surface area contributed by atoms with Crippen molar-refractivity contribution in [2.75, 3.05) is 6.54 Å². The summed E-state index contributed by atoms with van der Waals surface area (Å²) in [7, 11) is 0. The zero-order valence-corrected chi connectivity index (χ0v) is 13.2. The van der Waals surface area contributed by atoms with Gasteiger partial charge in [-0.3, -0.25) is 0 Å². The predicted octanol–water partition coefficient (Wildman–Crippen LogP) is 4.21. The Balaban J connectivity index is 1.93. The van der Waals surface area contributed by atoms with Gasteiger partial charge in [0.15, 0.2) is 0 Å². The molecular weight excluding hydrogens is 315 g/mol. The summed E-state index contributed by atoms with van der Waals surface area (Å²) in [6.45, 7) is 0.852. The number of rotatable bonds is 2. The maximum atomic E-state index is 6.06.